The normalized spacial score (nSPS) is 10.1. The molecule has 2 rings (SSSR count). The highest BCUT2D eigenvalue weighted by molar-refractivity contribution is 6.14. The summed E-state index contributed by atoms with van der Waals surface area (Å²) in [5, 5.41) is 22.0. The standard InChI is InChI=1S/C13H9N3O5/c14-10-6-2-1-4-8(10)13(17)9-5-3-7-11(15(18)19)12(9)16(20)21/h1-7H,14H2. The van der Waals surface area contributed by atoms with Crippen molar-refractivity contribution in [1.29, 1.82) is 0 Å². The first-order valence-corrected chi connectivity index (χ1v) is 5.74. The topological polar surface area (TPSA) is 129 Å². The third kappa shape index (κ3) is 2.54. The minimum Gasteiger partial charge on any atom is -0.398 e. The molecule has 2 aromatic carbocycles. The van der Waals surface area contributed by atoms with E-state index >= 15 is 0 Å². The number of hydrogen-bond acceptors (Lipinski definition) is 6. The van der Waals surface area contributed by atoms with Crippen molar-refractivity contribution in [1.82, 2.24) is 0 Å². The number of hydrogen-bond donors (Lipinski definition) is 1. The third-order valence-corrected chi connectivity index (χ3v) is 2.84. The summed E-state index contributed by atoms with van der Waals surface area (Å²) in [5.74, 6) is -0.733. The second-order valence-corrected chi connectivity index (χ2v) is 4.10. The van der Waals surface area contributed by atoms with Crippen LogP contribution in [0.4, 0.5) is 17.1 Å². The van der Waals surface area contributed by atoms with Crippen LogP contribution in [0.5, 0.6) is 0 Å². The van der Waals surface area contributed by atoms with Crippen LogP contribution in [-0.4, -0.2) is 15.6 Å². The van der Waals surface area contributed by atoms with Gasteiger partial charge in [0.05, 0.1) is 9.85 Å². The van der Waals surface area contributed by atoms with Crippen LogP contribution in [0.2, 0.25) is 0 Å². The van der Waals surface area contributed by atoms with Crippen LogP contribution in [-0.2, 0) is 0 Å². The zero-order valence-corrected chi connectivity index (χ0v) is 10.6. The van der Waals surface area contributed by atoms with Crippen LogP contribution in [0.3, 0.4) is 0 Å². The van der Waals surface area contributed by atoms with E-state index in [1.807, 2.05) is 0 Å². The lowest BCUT2D eigenvalue weighted by atomic mass is 9.99. The van der Waals surface area contributed by atoms with Crippen molar-refractivity contribution in [2.24, 2.45) is 0 Å². The Kier molecular flexibility index (Phi) is 3.61. The lowest BCUT2D eigenvalue weighted by molar-refractivity contribution is -0.422. The predicted octanol–water partition coefficient (Wildman–Crippen LogP) is 2.32. The van der Waals surface area contributed by atoms with E-state index in [0.717, 1.165) is 6.07 Å². The molecule has 0 amide bonds. The van der Waals surface area contributed by atoms with Crippen molar-refractivity contribution in [2.75, 3.05) is 5.73 Å². The van der Waals surface area contributed by atoms with Gasteiger partial charge in [0, 0.05) is 17.3 Å². The maximum absolute atomic E-state index is 12.4. The van der Waals surface area contributed by atoms with Crippen molar-refractivity contribution < 1.29 is 14.6 Å². The van der Waals surface area contributed by atoms with Gasteiger partial charge in [0.1, 0.15) is 5.56 Å². The van der Waals surface area contributed by atoms with Crippen molar-refractivity contribution >= 4 is 22.8 Å². The number of para-hydroxylation sites is 2. The molecule has 8 heteroatoms. The number of nitrogen functional groups attached to an aromatic ring is 1. The molecule has 8 nitrogen and oxygen atoms in total. The highest BCUT2D eigenvalue weighted by Gasteiger charge is 2.32. The molecule has 0 bridgehead atoms. The molecule has 0 fully saturated rings. The van der Waals surface area contributed by atoms with Crippen LogP contribution in [0.1, 0.15) is 15.9 Å². The molecule has 0 saturated heterocycles. The molecule has 2 N–H and O–H groups in total. The van der Waals surface area contributed by atoms with Gasteiger partial charge in [-0.15, -0.1) is 0 Å². The van der Waals surface area contributed by atoms with Gasteiger partial charge >= 0.3 is 11.4 Å². The quantitative estimate of drug-likeness (QED) is 0.397. The van der Waals surface area contributed by atoms with Gasteiger partial charge in [-0.3, -0.25) is 25.0 Å². The van der Waals surface area contributed by atoms with Crippen molar-refractivity contribution in [2.45, 2.75) is 0 Å². The molecule has 0 spiro atoms. The number of carbonyl (C=O) groups is 1. The first kappa shape index (κ1) is 14.1. The summed E-state index contributed by atoms with van der Waals surface area (Å²) in [7, 11) is 0. The second-order valence-electron chi connectivity index (χ2n) is 4.10. The average molecular weight is 287 g/mol. The maximum Gasteiger partial charge on any atom is 0.357 e. The molecule has 2 aromatic rings. The third-order valence-electron chi connectivity index (χ3n) is 2.84. The molecule has 0 atom stereocenters. The van der Waals surface area contributed by atoms with Crippen LogP contribution in [0, 0.1) is 20.2 Å². The van der Waals surface area contributed by atoms with Crippen LogP contribution < -0.4 is 5.73 Å². The summed E-state index contributed by atoms with van der Waals surface area (Å²) in [5.41, 5.74) is 3.92. The van der Waals surface area contributed by atoms with Gasteiger partial charge in [-0.2, -0.15) is 0 Å². The van der Waals surface area contributed by atoms with Crippen molar-refractivity contribution in [3.8, 4) is 0 Å². The molecule has 0 unspecified atom stereocenters. The highest BCUT2D eigenvalue weighted by Crippen LogP contribution is 2.32. The zero-order valence-electron chi connectivity index (χ0n) is 10.6. The Hall–Kier alpha value is -3.29. The van der Waals surface area contributed by atoms with Gasteiger partial charge in [-0.1, -0.05) is 18.2 Å². The molecule has 0 aliphatic rings. The number of anilines is 1. The van der Waals surface area contributed by atoms with Crippen LogP contribution in [0.25, 0.3) is 0 Å². The smallest absolute Gasteiger partial charge is 0.357 e. The van der Waals surface area contributed by atoms with Gasteiger partial charge in [0.2, 0.25) is 5.78 Å². The Balaban J connectivity index is 2.67. The van der Waals surface area contributed by atoms with Gasteiger partial charge < -0.3 is 5.73 Å². The Morgan fingerprint density at radius 3 is 2.10 bits per heavy atom. The van der Waals surface area contributed by atoms with Crippen molar-refractivity contribution in [3.63, 3.8) is 0 Å². The number of carbonyl (C=O) groups excluding carboxylic acids is 1. The lowest BCUT2D eigenvalue weighted by Crippen LogP contribution is -2.09. The van der Waals surface area contributed by atoms with E-state index < -0.39 is 27.0 Å². The lowest BCUT2D eigenvalue weighted by Gasteiger charge is -2.05. The van der Waals surface area contributed by atoms with Gasteiger partial charge in [0.25, 0.3) is 0 Å². The zero-order chi connectivity index (χ0) is 15.6. The van der Waals surface area contributed by atoms with E-state index in [1.54, 1.807) is 12.1 Å². The van der Waals surface area contributed by atoms with E-state index in [1.165, 1.54) is 24.3 Å². The SMILES string of the molecule is Nc1ccccc1C(=O)c1cccc([N+](=O)[O-])c1[N+](=O)[O-]. The largest absolute Gasteiger partial charge is 0.398 e. The molecular formula is C13H9N3O5. The number of rotatable bonds is 4. The molecule has 0 aliphatic heterocycles. The van der Waals surface area contributed by atoms with E-state index in [0.29, 0.717) is 0 Å². The number of nitrogens with zero attached hydrogens (tertiary/aromatic N) is 2. The number of nitro groups is 2. The number of benzene rings is 2. The van der Waals surface area contributed by atoms with Gasteiger partial charge in [0.15, 0.2) is 0 Å². The first-order valence-electron chi connectivity index (χ1n) is 5.74. The van der Waals surface area contributed by atoms with E-state index in [9.17, 15) is 25.0 Å². The van der Waals surface area contributed by atoms with Crippen LogP contribution >= 0.6 is 0 Å². The van der Waals surface area contributed by atoms with E-state index in [2.05, 4.69) is 0 Å². The second kappa shape index (κ2) is 5.37. The first-order chi connectivity index (χ1) is 9.93. The summed E-state index contributed by atoms with van der Waals surface area (Å²) in [6.45, 7) is 0. The minimum atomic E-state index is -0.940. The molecule has 0 heterocycles. The molecule has 0 radical (unpaired) electrons. The van der Waals surface area contributed by atoms with Crippen LogP contribution in [0.15, 0.2) is 42.5 Å². The van der Waals surface area contributed by atoms with Crippen molar-refractivity contribution in [3.05, 3.63) is 73.8 Å². The molecule has 0 aliphatic carbocycles. The Morgan fingerprint density at radius 1 is 0.905 bits per heavy atom. The molecule has 106 valence electrons. The summed E-state index contributed by atoms with van der Waals surface area (Å²) >= 11 is 0. The predicted molar refractivity (Wildman–Crippen MR) is 74.0 cm³/mol. The Morgan fingerprint density at radius 2 is 1.52 bits per heavy atom. The highest BCUT2D eigenvalue weighted by atomic mass is 16.6. The number of nitrogens with two attached hydrogens (primary N) is 1. The molecule has 21 heavy (non-hydrogen) atoms. The Labute approximate surface area is 118 Å². The average Bonchev–Trinajstić information content (AvgIpc) is 2.46. The monoisotopic (exact) mass is 287 g/mol. The molecule has 0 saturated carbocycles. The van der Waals surface area contributed by atoms with E-state index in [-0.39, 0.29) is 16.8 Å². The number of nitro benzene ring substituents is 2. The maximum atomic E-state index is 12.4. The molecular weight excluding hydrogens is 278 g/mol. The minimum absolute atomic E-state index is 0.0566. The molecule has 0 aromatic heterocycles. The van der Waals surface area contributed by atoms with Gasteiger partial charge in [-0.25, -0.2) is 0 Å². The van der Waals surface area contributed by atoms with E-state index in [4.69, 9.17) is 5.73 Å². The summed E-state index contributed by atoms with van der Waals surface area (Å²) < 4.78 is 0. The number of ketones is 1. The van der Waals surface area contributed by atoms with Gasteiger partial charge in [-0.05, 0) is 18.2 Å². The Bertz CT molecular complexity index is 757. The fraction of sp³-hybridized carbons (Fsp3) is 0. The summed E-state index contributed by atoms with van der Waals surface area (Å²) in [4.78, 5) is 32.5. The fourth-order valence-corrected chi connectivity index (χ4v) is 1.90. The summed E-state index contributed by atoms with van der Waals surface area (Å²) in [6, 6.07) is 9.39. The summed E-state index contributed by atoms with van der Waals surface area (Å²) in [6.07, 6.45) is 0. The fourth-order valence-electron chi connectivity index (χ4n) is 1.90.